The average Bonchev–Trinajstić information content (AvgIpc) is 3.25. The lowest BCUT2D eigenvalue weighted by Gasteiger charge is -1.97. The van der Waals surface area contributed by atoms with E-state index >= 15 is 0 Å². The highest BCUT2D eigenvalue weighted by molar-refractivity contribution is 5.79. The Labute approximate surface area is 150 Å². The van der Waals surface area contributed by atoms with E-state index in [9.17, 15) is 0 Å². The fraction of sp³-hybridized carbons (Fsp3) is 0.0909. The zero-order chi connectivity index (χ0) is 17.7. The number of fused-ring (bicyclic) bond motifs is 2. The van der Waals surface area contributed by atoms with Crippen LogP contribution < -0.4 is 0 Å². The molecule has 0 N–H and O–H groups in total. The highest BCUT2D eigenvalue weighted by Crippen LogP contribution is 2.29. The molecule has 0 aliphatic rings. The molecule has 0 spiro atoms. The van der Waals surface area contributed by atoms with Crippen LogP contribution in [0.2, 0.25) is 0 Å². The summed E-state index contributed by atoms with van der Waals surface area (Å²) < 4.78 is 11.8. The Hall–Kier alpha value is -3.40. The van der Waals surface area contributed by atoms with Gasteiger partial charge in [-0.3, -0.25) is 0 Å². The fourth-order valence-electron chi connectivity index (χ4n) is 3.07. The number of benzene rings is 3. The van der Waals surface area contributed by atoms with Gasteiger partial charge in [0.05, 0.1) is 0 Å². The molecule has 5 aromatic rings. The molecule has 4 nitrogen and oxygen atoms in total. The highest BCUT2D eigenvalue weighted by atomic mass is 16.4. The van der Waals surface area contributed by atoms with Crippen molar-refractivity contribution >= 4 is 22.2 Å². The maximum Gasteiger partial charge on any atom is 0.227 e. The predicted octanol–water partition coefficient (Wildman–Crippen LogP) is 5.92. The van der Waals surface area contributed by atoms with E-state index in [4.69, 9.17) is 8.83 Å². The van der Waals surface area contributed by atoms with Crippen LogP contribution >= 0.6 is 0 Å². The number of nitrogens with zero attached hydrogens (tertiary/aromatic N) is 2. The molecular weight excluding hydrogens is 324 g/mol. The molecule has 0 saturated heterocycles. The lowest BCUT2D eigenvalue weighted by atomic mass is 10.1. The number of rotatable bonds is 2. The molecule has 26 heavy (non-hydrogen) atoms. The Bertz CT molecular complexity index is 1150. The summed E-state index contributed by atoms with van der Waals surface area (Å²) in [7, 11) is 0. The summed E-state index contributed by atoms with van der Waals surface area (Å²) >= 11 is 0. The van der Waals surface area contributed by atoms with Gasteiger partial charge >= 0.3 is 0 Å². The van der Waals surface area contributed by atoms with Gasteiger partial charge in [0.1, 0.15) is 11.0 Å². The van der Waals surface area contributed by atoms with E-state index in [1.807, 2.05) is 74.5 Å². The summed E-state index contributed by atoms with van der Waals surface area (Å²) in [6, 6.07) is 19.9. The van der Waals surface area contributed by atoms with Crippen LogP contribution in [0.1, 0.15) is 11.1 Å². The molecule has 0 saturated carbocycles. The molecular formula is C22H16N2O2. The fourth-order valence-corrected chi connectivity index (χ4v) is 3.07. The van der Waals surface area contributed by atoms with Gasteiger partial charge in [0.25, 0.3) is 0 Å². The number of aryl methyl sites for hydroxylation is 2. The van der Waals surface area contributed by atoms with Crippen LogP contribution in [0.4, 0.5) is 0 Å². The first-order valence-corrected chi connectivity index (χ1v) is 8.51. The van der Waals surface area contributed by atoms with Gasteiger partial charge < -0.3 is 8.83 Å². The first-order valence-electron chi connectivity index (χ1n) is 8.51. The van der Waals surface area contributed by atoms with Crippen LogP contribution in [-0.4, -0.2) is 9.97 Å². The van der Waals surface area contributed by atoms with Gasteiger partial charge in [0, 0.05) is 11.1 Å². The van der Waals surface area contributed by atoms with E-state index in [2.05, 4.69) is 9.97 Å². The molecule has 4 heteroatoms. The summed E-state index contributed by atoms with van der Waals surface area (Å²) in [6.07, 6.45) is 0. The topological polar surface area (TPSA) is 52.1 Å². The molecule has 3 aromatic carbocycles. The lowest BCUT2D eigenvalue weighted by Crippen LogP contribution is -1.80. The Morgan fingerprint density at radius 3 is 1.88 bits per heavy atom. The first-order chi connectivity index (χ1) is 12.7. The molecule has 2 aromatic heterocycles. The second kappa shape index (κ2) is 5.56. The van der Waals surface area contributed by atoms with Crippen LogP contribution in [0.3, 0.4) is 0 Å². The molecule has 0 aliphatic heterocycles. The Kier molecular flexibility index (Phi) is 3.19. The summed E-state index contributed by atoms with van der Waals surface area (Å²) in [4.78, 5) is 9.15. The molecule has 126 valence electrons. The van der Waals surface area contributed by atoms with Crippen LogP contribution in [0, 0.1) is 13.8 Å². The van der Waals surface area contributed by atoms with Crippen molar-refractivity contribution in [3.8, 4) is 22.9 Å². The first kappa shape index (κ1) is 14.9. The van der Waals surface area contributed by atoms with Crippen molar-refractivity contribution in [2.24, 2.45) is 0 Å². The smallest absolute Gasteiger partial charge is 0.227 e. The van der Waals surface area contributed by atoms with Crippen molar-refractivity contribution in [1.29, 1.82) is 0 Å². The summed E-state index contributed by atoms with van der Waals surface area (Å²) in [5.74, 6) is 1.23. The van der Waals surface area contributed by atoms with E-state index in [-0.39, 0.29) is 0 Å². The van der Waals surface area contributed by atoms with Crippen molar-refractivity contribution in [3.63, 3.8) is 0 Å². The average molecular weight is 340 g/mol. The summed E-state index contributed by atoms with van der Waals surface area (Å²) in [6.45, 7) is 4.09. The number of hydrogen-bond donors (Lipinski definition) is 0. The van der Waals surface area contributed by atoms with Crippen molar-refractivity contribution < 1.29 is 8.83 Å². The normalized spacial score (nSPS) is 11.5. The van der Waals surface area contributed by atoms with E-state index in [0.717, 1.165) is 38.9 Å². The summed E-state index contributed by atoms with van der Waals surface area (Å²) in [5, 5.41) is 0. The minimum absolute atomic E-state index is 0.616. The minimum atomic E-state index is 0.616. The van der Waals surface area contributed by atoms with E-state index < -0.39 is 0 Å². The zero-order valence-electron chi connectivity index (χ0n) is 14.5. The van der Waals surface area contributed by atoms with Crippen molar-refractivity contribution in [1.82, 2.24) is 9.97 Å². The molecule has 2 heterocycles. The van der Waals surface area contributed by atoms with Crippen LogP contribution in [0.5, 0.6) is 0 Å². The van der Waals surface area contributed by atoms with Crippen LogP contribution in [0.25, 0.3) is 45.1 Å². The molecule has 0 unspecified atom stereocenters. The number of aromatic nitrogens is 2. The molecule has 0 atom stereocenters. The van der Waals surface area contributed by atoms with E-state index in [0.29, 0.717) is 11.8 Å². The second-order valence-electron chi connectivity index (χ2n) is 6.56. The molecule has 0 bridgehead atoms. The molecule has 0 radical (unpaired) electrons. The van der Waals surface area contributed by atoms with Crippen molar-refractivity contribution in [2.45, 2.75) is 13.8 Å². The quantitative estimate of drug-likeness (QED) is 0.400. The predicted molar refractivity (Wildman–Crippen MR) is 102 cm³/mol. The van der Waals surface area contributed by atoms with Crippen molar-refractivity contribution in [2.75, 3.05) is 0 Å². The van der Waals surface area contributed by atoms with Gasteiger partial charge in [0.2, 0.25) is 11.8 Å². The van der Waals surface area contributed by atoms with Gasteiger partial charge in [-0.15, -0.1) is 0 Å². The van der Waals surface area contributed by atoms with Gasteiger partial charge in [-0.05, 0) is 73.5 Å². The maximum absolute atomic E-state index is 5.89. The summed E-state index contributed by atoms with van der Waals surface area (Å²) in [5.41, 5.74) is 7.51. The van der Waals surface area contributed by atoms with Gasteiger partial charge in [0.15, 0.2) is 11.2 Å². The highest BCUT2D eigenvalue weighted by Gasteiger charge is 2.11. The molecule has 5 rings (SSSR count). The second-order valence-corrected chi connectivity index (χ2v) is 6.56. The van der Waals surface area contributed by atoms with Crippen LogP contribution in [0.15, 0.2) is 69.5 Å². The third-order valence-corrected chi connectivity index (χ3v) is 4.47. The van der Waals surface area contributed by atoms with E-state index in [1.54, 1.807) is 0 Å². The van der Waals surface area contributed by atoms with Crippen LogP contribution in [-0.2, 0) is 0 Å². The zero-order valence-corrected chi connectivity index (χ0v) is 14.5. The van der Waals surface area contributed by atoms with E-state index in [1.165, 1.54) is 5.56 Å². The number of oxazole rings is 2. The SMILES string of the molecule is Cc1ccc2oc(-c3ccc(-c4nc5ccc(C)cc5o4)cc3)nc2c1. The van der Waals surface area contributed by atoms with Gasteiger partial charge in [-0.1, -0.05) is 12.1 Å². The van der Waals surface area contributed by atoms with Gasteiger partial charge in [-0.25, -0.2) is 9.97 Å². The van der Waals surface area contributed by atoms with Gasteiger partial charge in [-0.2, -0.15) is 0 Å². The molecule has 0 fully saturated rings. The lowest BCUT2D eigenvalue weighted by molar-refractivity contribution is 0.617. The molecule has 0 amide bonds. The monoisotopic (exact) mass is 340 g/mol. The maximum atomic E-state index is 5.89. The largest absolute Gasteiger partial charge is 0.436 e. The Morgan fingerprint density at radius 2 is 1.15 bits per heavy atom. The minimum Gasteiger partial charge on any atom is -0.436 e. The van der Waals surface area contributed by atoms with Crippen molar-refractivity contribution in [3.05, 3.63) is 71.8 Å². The molecule has 0 aliphatic carbocycles. The number of hydrogen-bond acceptors (Lipinski definition) is 4. The Balaban J connectivity index is 1.52. The third kappa shape index (κ3) is 2.47. The standard InChI is InChI=1S/C22H16N2O2/c1-13-4-10-19-18(11-13)24-22(25-19)16-7-5-15(6-8-16)21-23-17-9-3-14(2)12-20(17)26-21/h3-12H,1-2H3. The third-order valence-electron chi connectivity index (χ3n) is 4.47. The Morgan fingerprint density at radius 1 is 0.577 bits per heavy atom.